The van der Waals surface area contributed by atoms with Gasteiger partial charge in [0, 0.05) is 12.4 Å². The lowest BCUT2D eigenvalue weighted by atomic mass is 10.0. The van der Waals surface area contributed by atoms with E-state index in [2.05, 4.69) is 22.4 Å². The van der Waals surface area contributed by atoms with E-state index in [-0.39, 0.29) is 5.97 Å². The van der Waals surface area contributed by atoms with Crippen molar-refractivity contribution >= 4 is 11.7 Å². The predicted octanol–water partition coefficient (Wildman–Crippen LogP) is 5.17. The van der Waals surface area contributed by atoms with Crippen molar-refractivity contribution in [1.82, 2.24) is 4.98 Å². The van der Waals surface area contributed by atoms with Gasteiger partial charge in [-0.2, -0.15) is 0 Å². The van der Waals surface area contributed by atoms with E-state index < -0.39 is 11.6 Å². The van der Waals surface area contributed by atoms with Crippen LogP contribution in [0.1, 0.15) is 43.5 Å². The lowest BCUT2D eigenvalue weighted by Gasteiger charge is -2.25. The van der Waals surface area contributed by atoms with Crippen molar-refractivity contribution in [2.24, 2.45) is 0 Å². The van der Waals surface area contributed by atoms with Crippen LogP contribution in [0.25, 0.3) is 0 Å². The first-order chi connectivity index (χ1) is 13.4. The molecule has 0 fully saturated rings. The van der Waals surface area contributed by atoms with Gasteiger partial charge in [-0.15, -0.1) is 0 Å². The van der Waals surface area contributed by atoms with Crippen molar-refractivity contribution in [3.63, 3.8) is 0 Å². The maximum atomic E-state index is 12.8. The summed E-state index contributed by atoms with van der Waals surface area (Å²) in [6.45, 7) is 5.61. The molecule has 1 aromatic heterocycles. The lowest BCUT2D eigenvalue weighted by Crippen LogP contribution is -2.31. The SMILES string of the molecule is CC(C)(C)OC(=O)C(Nc1cncc(Cc2ccccc2)c1)c1ccccc1. The Balaban J connectivity index is 1.82. The summed E-state index contributed by atoms with van der Waals surface area (Å²) in [5.41, 5.74) is 3.37. The van der Waals surface area contributed by atoms with Crippen LogP contribution in [0.15, 0.2) is 79.1 Å². The minimum atomic E-state index is -0.603. The van der Waals surface area contributed by atoms with Gasteiger partial charge in [-0.25, -0.2) is 4.79 Å². The number of pyridine rings is 1. The number of esters is 1. The predicted molar refractivity (Wildman–Crippen MR) is 112 cm³/mol. The molecule has 144 valence electrons. The molecule has 0 aliphatic carbocycles. The van der Waals surface area contributed by atoms with E-state index >= 15 is 0 Å². The maximum absolute atomic E-state index is 12.8. The molecular formula is C24H26N2O2. The average molecular weight is 374 g/mol. The quantitative estimate of drug-likeness (QED) is 0.605. The van der Waals surface area contributed by atoms with Gasteiger partial charge in [0.25, 0.3) is 0 Å². The molecule has 3 aromatic rings. The third-order valence-electron chi connectivity index (χ3n) is 4.13. The molecule has 0 bridgehead atoms. The molecule has 28 heavy (non-hydrogen) atoms. The van der Waals surface area contributed by atoms with E-state index in [1.165, 1.54) is 5.56 Å². The van der Waals surface area contributed by atoms with E-state index in [0.29, 0.717) is 0 Å². The zero-order valence-corrected chi connectivity index (χ0v) is 16.6. The van der Waals surface area contributed by atoms with Gasteiger partial charge < -0.3 is 10.1 Å². The number of ether oxygens (including phenoxy) is 1. The number of hydrogen-bond donors (Lipinski definition) is 1. The van der Waals surface area contributed by atoms with Crippen molar-refractivity contribution in [2.75, 3.05) is 5.32 Å². The Hall–Kier alpha value is -3.14. The number of carbonyl (C=O) groups is 1. The van der Waals surface area contributed by atoms with E-state index in [1.807, 2.05) is 81.6 Å². The molecule has 0 radical (unpaired) electrons. The molecule has 3 rings (SSSR count). The summed E-state index contributed by atoms with van der Waals surface area (Å²) >= 11 is 0. The van der Waals surface area contributed by atoms with E-state index in [0.717, 1.165) is 23.2 Å². The van der Waals surface area contributed by atoms with Crippen molar-refractivity contribution in [1.29, 1.82) is 0 Å². The third kappa shape index (κ3) is 5.68. The lowest BCUT2D eigenvalue weighted by molar-refractivity contribution is -0.156. The Morgan fingerprint density at radius 3 is 2.25 bits per heavy atom. The summed E-state index contributed by atoms with van der Waals surface area (Å²) < 4.78 is 5.63. The Morgan fingerprint density at radius 2 is 1.61 bits per heavy atom. The van der Waals surface area contributed by atoms with Crippen LogP contribution < -0.4 is 5.32 Å². The smallest absolute Gasteiger partial charge is 0.333 e. The normalized spacial score (nSPS) is 12.2. The summed E-state index contributed by atoms with van der Waals surface area (Å²) in [4.78, 5) is 17.2. The largest absolute Gasteiger partial charge is 0.458 e. The van der Waals surface area contributed by atoms with Gasteiger partial charge in [0.1, 0.15) is 5.60 Å². The van der Waals surface area contributed by atoms with Gasteiger partial charge in [0.2, 0.25) is 0 Å². The number of aromatic nitrogens is 1. The monoisotopic (exact) mass is 374 g/mol. The molecule has 2 aromatic carbocycles. The van der Waals surface area contributed by atoms with Gasteiger partial charge in [0.05, 0.1) is 5.69 Å². The Labute approximate surface area is 166 Å². The molecule has 1 N–H and O–H groups in total. The fourth-order valence-electron chi connectivity index (χ4n) is 2.95. The molecule has 0 aliphatic heterocycles. The third-order valence-corrected chi connectivity index (χ3v) is 4.13. The Kier molecular flexibility index (Phi) is 6.09. The van der Waals surface area contributed by atoms with Crippen molar-refractivity contribution in [2.45, 2.75) is 38.8 Å². The molecule has 1 unspecified atom stereocenters. The minimum absolute atomic E-state index is 0.313. The second kappa shape index (κ2) is 8.70. The number of hydrogen-bond acceptors (Lipinski definition) is 4. The summed E-state index contributed by atoms with van der Waals surface area (Å²) in [7, 11) is 0. The highest BCUT2D eigenvalue weighted by Gasteiger charge is 2.26. The number of benzene rings is 2. The van der Waals surface area contributed by atoms with Gasteiger partial charge in [0.15, 0.2) is 6.04 Å². The van der Waals surface area contributed by atoms with Gasteiger partial charge in [-0.1, -0.05) is 60.7 Å². The van der Waals surface area contributed by atoms with E-state index in [9.17, 15) is 4.79 Å². The molecule has 0 amide bonds. The van der Waals surface area contributed by atoms with Crippen molar-refractivity contribution in [3.8, 4) is 0 Å². The maximum Gasteiger partial charge on any atom is 0.333 e. The van der Waals surface area contributed by atoms with Crippen LogP contribution in [0.4, 0.5) is 5.69 Å². The molecule has 4 nitrogen and oxygen atoms in total. The van der Waals surface area contributed by atoms with Gasteiger partial charge in [-0.3, -0.25) is 4.98 Å². The van der Waals surface area contributed by atoms with Gasteiger partial charge >= 0.3 is 5.97 Å². The topological polar surface area (TPSA) is 51.2 Å². The first-order valence-corrected chi connectivity index (χ1v) is 9.43. The fraction of sp³-hybridized carbons (Fsp3) is 0.250. The van der Waals surface area contributed by atoms with Crippen LogP contribution in [0.3, 0.4) is 0 Å². The van der Waals surface area contributed by atoms with Crippen LogP contribution in [0, 0.1) is 0 Å². The number of nitrogens with one attached hydrogen (secondary N) is 1. The first kappa shape index (κ1) is 19.6. The zero-order valence-electron chi connectivity index (χ0n) is 16.6. The van der Waals surface area contributed by atoms with Gasteiger partial charge in [-0.05, 0) is 49.9 Å². The number of rotatable bonds is 6. The van der Waals surface area contributed by atoms with E-state index in [1.54, 1.807) is 6.20 Å². The van der Waals surface area contributed by atoms with Crippen LogP contribution in [-0.2, 0) is 16.0 Å². The Bertz CT molecular complexity index is 903. The summed E-state index contributed by atoms with van der Waals surface area (Å²) in [5.74, 6) is -0.313. The fourth-order valence-corrected chi connectivity index (χ4v) is 2.95. The van der Waals surface area contributed by atoms with E-state index in [4.69, 9.17) is 4.74 Å². The van der Waals surface area contributed by atoms with Crippen molar-refractivity contribution < 1.29 is 9.53 Å². The highest BCUT2D eigenvalue weighted by Crippen LogP contribution is 2.24. The molecule has 0 saturated carbocycles. The molecule has 0 aliphatic rings. The zero-order chi connectivity index (χ0) is 20.0. The number of nitrogens with zero attached hydrogens (tertiary/aromatic N) is 1. The molecule has 4 heteroatoms. The highest BCUT2D eigenvalue weighted by molar-refractivity contribution is 5.81. The summed E-state index contributed by atoms with van der Waals surface area (Å²) in [5, 5.41) is 3.31. The minimum Gasteiger partial charge on any atom is -0.458 e. The molecule has 0 spiro atoms. The second-order valence-electron chi connectivity index (χ2n) is 7.77. The van der Waals surface area contributed by atoms with Crippen LogP contribution in [0.5, 0.6) is 0 Å². The molecule has 1 atom stereocenters. The van der Waals surface area contributed by atoms with Crippen LogP contribution in [0.2, 0.25) is 0 Å². The average Bonchev–Trinajstić information content (AvgIpc) is 2.66. The molecular weight excluding hydrogens is 348 g/mol. The van der Waals surface area contributed by atoms with Crippen LogP contribution >= 0.6 is 0 Å². The summed E-state index contributed by atoms with van der Waals surface area (Å²) in [6, 6.07) is 21.3. The molecule has 1 heterocycles. The molecule has 0 saturated heterocycles. The standard InChI is InChI=1S/C24H26N2O2/c1-24(2,3)28-23(27)22(20-12-8-5-9-13-20)26-21-15-19(16-25-17-21)14-18-10-6-4-7-11-18/h4-13,15-17,22,26H,14H2,1-3H3. The highest BCUT2D eigenvalue weighted by atomic mass is 16.6. The Morgan fingerprint density at radius 1 is 0.964 bits per heavy atom. The summed E-state index contributed by atoms with van der Waals surface area (Å²) in [6.07, 6.45) is 4.36. The number of anilines is 1. The second-order valence-corrected chi connectivity index (χ2v) is 7.77. The number of carbonyl (C=O) groups excluding carboxylic acids is 1. The van der Waals surface area contributed by atoms with Crippen molar-refractivity contribution in [3.05, 3.63) is 95.8 Å². The van der Waals surface area contributed by atoms with Crippen LogP contribution in [-0.4, -0.2) is 16.6 Å². The first-order valence-electron chi connectivity index (χ1n) is 9.43.